The standard InChI is InChI=1S/C25H31N3O4S/c1-19-8-10-22(11-9-19)25-26-23(20(2)32-25)17-33(30,31)18-24(29)28-14-12-27(13-15-28)16-21-6-4-3-5-7-21/h3-6,8-11,21H,7,12-18H2,1-2H3. The Morgan fingerprint density at radius 2 is 1.82 bits per heavy atom. The first-order chi connectivity index (χ1) is 15.8. The number of carbonyl (C=O) groups excluding carboxylic acids is 1. The number of aryl methyl sites for hydroxylation is 2. The Morgan fingerprint density at radius 3 is 2.48 bits per heavy atom. The van der Waals surface area contributed by atoms with Gasteiger partial charge in [0.15, 0.2) is 9.84 Å². The van der Waals surface area contributed by atoms with Crippen LogP contribution in [0, 0.1) is 19.8 Å². The van der Waals surface area contributed by atoms with E-state index in [1.54, 1.807) is 11.8 Å². The number of benzene rings is 1. The van der Waals surface area contributed by atoms with E-state index in [1.165, 1.54) is 0 Å². The minimum absolute atomic E-state index is 0.304. The fourth-order valence-electron chi connectivity index (χ4n) is 4.20. The zero-order valence-electron chi connectivity index (χ0n) is 19.2. The highest BCUT2D eigenvalue weighted by Gasteiger charge is 2.27. The molecule has 2 aliphatic rings. The molecule has 176 valence electrons. The van der Waals surface area contributed by atoms with Crippen molar-refractivity contribution in [2.45, 2.75) is 26.0 Å². The van der Waals surface area contributed by atoms with Crippen LogP contribution in [0.3, 0.4) is 0 Å². The summed E-state index contributed by atoms with van der Waals surface area (Å²) in [6, 6.07) is 7.69. The van der Waals surface area contributed by atoms with Gasteiger partial charge in [0, 0.05) is 38.3 Å². The summed E-state index contributed by atoms with van der Waals surface area (Å²) in [5.74, 6) is 0.213. The van der Waals surface area contributed by atoms with Gasteiger partial charge in [0.25, 0.3) is 0 Å². The van der Waals surface area contributed by atoms with Crippen LogP contribution in [0.15, 0.2) is 53.0 Å². The third-order valence-electron chi connectivity index (χ3n) is 6.18. The maximum Gasteiger partial charge on any atom is 0.237 e. The molecule has 7 nitrogen and oxygen atoms in total. The monoisotopic (exact) mass is 469 g/mol. The SMILES string of the molecule is Cc1ccc(-c2nc(CS(=O)(=O)CC(=O)N3CCN(CC4C=CC=CC4)CC3)c(C)o2)cc1. The second-order valence-corrected chi connectivity index (χ2v) is 11.0. The molecule has 2 aromatic rings. The lowest BCUT2D eigenvalue weighted by molar-refractivity contribution is -0.130. The molecule has 1 saturated heterocycles. The molecule has 2 heterocycles. The molecule has 1 unspecified atom stereocenters. The summed E-state index contributed by atoms with van der Waals surface area (Å²) >= 11 is 0. The van der Waals surface area contributed by atoms with Gasteiger partial charge in [0.1, 0.15) is 11.5 Å². The van der Waals surface area contributed by atoms with Crippen molar-refractivity contribution in [3.05, 3.63) is 65.6 Å². The van der Waals surface area contributed by atoms with Gasteiger partial charge in [-0.2, -0.15) is 0 Å². The van der Waals surface area contributed by atoms with E-state index in [0.717, 1.165) is 37.2 Å². The highest BCUT2D eigenvalue weighted by molar-refractivity contribution is 7.91. The van der Waals surface area contributed by atoms with Gasteiger partial charge in [-0.05, 0) is 38.3 Å². The molecule has 1 aliphatic carbocycles. The summed E-state index contributed by atoms with van der Waals surface area (Å²) in [7, 11) is -3.66. The topological polar surface area (TPSA) is 83.7 Å². The molecule has 1 atom stereocenters. The van der Waals surface area contributed by atoms with Crippen LogP contribution in [-0.2, 0) is 20.4 Å². The van der Waals surface area contributed by atoms with Crippen molar-refractivity contribution in [1.82, 2.24) is 14.8 Å². The number of nitrogens with zero attached hydrogens (tertiary/aromatic N) is 3. The van der Waals surface area contributed by atoms with Gasteiger partial charge < -0.3 is 9.32 Å². The van der Waals surface area contributed by atoms with Crippen LogP contribution in [0.4, 0.5) is 0 Å². The molecule has 1 fully saturated rings. The van der Waals surface area contributed by atoms with Gasteiger partial charge >= 0.3 is 0 Å². The molecule has 1 aromatic heterocycles. The Morgan fingerprint density at radius 1 is 1.09 bits per heavy atom. The maximum atomic E-state index is 12.8. The molecule has 0 radical (unpaired) electrons. The Labute approximate surface area is 195 Å². The predicted octanol–water partition coefficient (Wildman–Crippen LogP) is 3.15. The molecule has 1 amide bonds. The summed E-state index contributed by atoms with van der Waals surface area (Å²) in [6.45, 7) is 7.31. The quantitative estimate of drug-likeness (QED) is 0.620. The van der Waals surface area contributed by atoms with E-state index in [4.69, 9.17) is 4.42 Å². The minimum atomic E-state index is -3.66. The molecule has 33 heavy (non-hydrogen) atoms. The van der Waals surface area contributed by atoms with Crippen LogP contribution in [0.25, 0.3) is 11.5 Å². The number of allylic oxidation sites excluding steroid dienone is 3. The molecular formula is C25H31N3O4S. The van der Waals surface area contributed by atoms with E-state index in [1.807, 2.05) is 31.2 Å². The molecule has 0 saturated carbocycles. The Hall–Kier alpha value is -2.71. The number of rotatable bonds is 7. The minimum Gasteiger partial charge on any atom is -0.441 e. The highest BCUT2D eigenvalue weighted by Crippen LogP contribution is 2.23. The zero-order chi connectivity index (χ0) is 23.4. The van der Waals surface area contributed by atoms with Crippen molar-refractivity contribution < 1.29 is 17.6 Å². The molecule has 0 bridgehead atoms. The lowest BCUT2D eigenvalue weighted by Crippen LogP contribution is -2.51. The van der Waals surface area contributed by atoms with Crippen LogP contribution in [-0.4, -0.2) is 67.6 Å². The Balaban J connectivity index is 1.31. The average Bonchev–Trinajstić information content (AvgIpc) is 3.14. The summed E-state index contributed by atoms with van der Waals surface area (Å²) in [6.07, 6.45) is 9.59. The molecular weight excluding hydrogens is 438 g/mol. The number of sulfone groups is 1. The second-order valence-electron chi connectivity index (χ2n) is 8.91. The predicted molar refractivity (Wildman–Crippen MR) is 128 cm³/mol. The van der Waals surface area contributed by atoms with Crippen LogP contribution in [0.1, 0.15) is 23.4 Å². The highest BCUT2D eigenvalue weighted by atomic mass is 32.2. The van der Waals surface area contributed by atoms with Gasteiger partial charge in [-0.1, -0.05) is 42.0 Å². The number of carbonyl (C=O) groups is 1. The number of oxazole rings is 1. The molecule has 1 aliphatic heterocycles. The fraction of sp³-hybridized carbons (Fsp3) is 0.440. The smallest absolute Gasteiger partial charge is 0.237 e. The van der Waals surface area contributed by atoms with Gasteiger partial charge in [0.05, 0.1) is 11.4 Å². The first-order valence-electron chi connectivity index (χ1n) is 11.4. The zero-order valence-corrected chi connectivity index (χ0v) is 20.1. The van der Waals surface area contributed by atoms with Gasteiger partial charge in [0.2, 0.25) is 11.8 Å². The number of hydrogen-bond donors (Lipinski definition) is 0. The van der Waals surface area contributed by atoms with Gasteiger partial charge in [-0.15, -0.1) is 0 Å². The van der Waals surface area contributed by atoms with Crippen LogP contribution in [0.5, 0.6) is 0 Å². The molecule has 1 aromatic carbocycles. The van der Waals surface area contributed by atoms with Crippen molar-refractivity contribution in [2.24, 2.45) is 5.92 Å². The van der Waals surface area contributed by atoms with Gasteiger partial charge in [-0.3, -0.25) is 9.69 Å². The first-order valence-corrected chi connectivity index (χ1v) is 13.2. The normalized spacial score (nSPS) is 19.2. The maximum absolute atomic E-state index is 12.8. The van der Waals surface area contributed by atoms with Crippen LogP contribution in [0.2, 0.25) is 0 Å². The molecule has 8 heteroatoms. The summed E-state index contributed by atoms with van der Waals surface area (Å²) in [4.78, 5) is 21.1. The van der Waals surface area contributed by atoms with E-state index in [0.29, 0.717) is 36.4 Å². The molecule has 0 N–H and O–H groups in total. The summed E-state index contributed by atoms with van der Waals surface area (Å²) in [5, 5.41) is 0. The van der Waals surface area contributed by atoms with E-state index in [9.17, 15) is 13.2 Å². The first kappa shape index (κ1) is 23.4. The van der Waals surface area contributed by atoms with E-state index >= 15 is 0 Å². The van der Waals surface area contributed by atoms with Crippen LogP contribution < -0.4 is 0 Å². The third kappa shape index (κ3) is 6.21. The van der Waals surface area contributed by atoms with Crippen molar-refractivity contribution in [2.75, 3.05) is 38.5 Å². The van der Waals surface area contributed by atoms with Crippen molar-refractivity contribution >= 4 is 15.7 Å². The fourth-order valence-corrected chi connectivity index (χ4v) is 5.54. The van der Waals surface area contributed by atoms with E-state index < -0.39 is 15.6 Å². The van der Waals surface area contributed by atoms with E-state index in [2.05, 4.69) is 34.2 Å². The van der Waals surface area contributed by atoms with Crippen molar-refractivity contribution in [3.8, 4) is 11.5 Å². The largest absolute Gasteiger partial charge is 0.441 e. The number of aromatic nitrogens is 1. The molecule has 4 rings (SSSR count). The number of piperazine rings is 1. The average molecular weight is 470 g/mol. The Kier molecular flexibility index (Phi) is 7.14. The van der Waals surface area contributed by atoms with Crippen molar-refractivity contribution in [3.63, 3.8) is 0 Å². The molecule has 0 spiro atoms. The van der Waals surface area contributed by atoms with E-state index in [-0.39, 0.29) is 11.7 Å². The Bertz CT molecular complexity index is 1140. The lowest BCUT2D eigenvalue weighted by atomic mass is 10.00. The number of hydrogen-bond acceptors (Lipinski definition) is 6. The van der Waals surface area contributed by atoms with Crippen LogP contribution >= 0.6 is 0 Å². The van der Waals surface area contributed by atoms with Crippen molar-refractivity contribution in [1.29, 1.82) is 0 Å². The summed E-state index contributed by atoms with van der Waals surface area (Å²) < 4.78 is 31.2. The third-order valence-corrected chi connectivity index (χ3v) is 7.58. The summed E-state index contributed by atoms with van der Waals surface area (Å²) in [5.41, 5.74) is 2.27. The van der Waals surface area contributed by atoms with Gasteiger partial charge in [-0.25, -0.2) is 13.4 Å². The second kappa shape index (κ2) is 10.1. The lowest BCUT2D eigenvalue weighted by Gasteiger charge is -2.36. The number of amides is 1.